The Morgan fingerprint density at radius 2 is 1.74 bits per heavy atom. The van der Waals surface area contributed by atoms with Gasteiger partial charge in [0.05, 0.1) is 23.8 Å². The number of rotatable bonds is 7. The molecular formula is C29H39N3O2. The summed E-state index contributed by atoms with van der Waals surface area (Å²) in [6.45, 7) is 9.79. The lowest BCUT2D eigenvalue weighted by Crippen LogP contribution is -2.45. The molecule has 0 aromatic heterocycles. The van der Waals surface area contributed by atoms with Gasteiger partial charge in [-0.15, -0.1) is 0 Å². The van der Waals surface area contributed by atoms with Crippen molar-refractivity contribution in [3.63, 3.8) is 0 Å². The molecule has 2 atom stereocenters. The highest BCUT2D eigenvalue weighted by molar-refractivity contribution is 5.53. The minimum atomic E-state index is -0.682. The predicted molar refractivity (Wildman–Crippen MR) is 137 cm³/mol. The molecule has 0 unspecified atom stereocenters. The van der Waals surface area contributed by atoms with Crippen molar-refractivity contribution in [3.05, 3.63) is 59.2 Å². The van der Waals surface area contributed by atoms with E-state index in [1.165, 1.54) is 24.8 Å². The standard InChI is InChI=1S/C29H39N3O2/c1-22-19-27(10-9-26(22)20-30)31-16-13-29(33,14-17-31)15-18-34-28-11-7-25(8-12-28)21-32-23(2)5-4-6-24(32)3/h7-12,19,23-24,33H,4-6,13-18,21H2,1-3H3/t23-,24+. The first-order chi connectivity index (χ1) is 16.4. The van der Waals surface area contributed by atoms with Crippen LogP contribution in [0.3, 0.4) is 0 Å². The lowest BCUT2D eigenvalue weighted by Gasteiger charge is -2.39. The number of ether oxygens (including phenoxy) is 1. The first kappa shape index (κ1) is 24.6. The Kier molecular flexibility index (Phi) is 7.80. The fourth-order valence-corrected chi connectivity index (χ4v) is 5.45. The second kappa shape index (κ2) is 10.8. The summed E-state index contributed by atoms with van der Waals surface area (Å²) in [5.41, 5.74) is 3.50. The van der Waals surface area contributed by atoms with Crippen LogP contribution in [0.5, 0.6) is 5.75 Å². The van der Waals surface area contributed by atoms with Crippen LogP contribution in [0.4, 0.5) is 5.69 Å². The Morgan fingerprint density at radius 1 is 1.06 bits per heavy atom. The van der Waals surface area contributed by atoms with Crippen LogP contribution in [0.25, 0.3) is 0 Å². The lowest BCUT2D eigenvalue weighted by molar-refractivity contribution is -0.00267. The molecule has 2 saturated heterocycles. The largest absolute Gasteiger partial charge is 0.493 e. The third kappa shape index (κ3) is 5.92. The van der Waals surface area contributed by atoms with Gasteiger partial charge in [0.15, 0.2) is 0 Å². The molecule has 2 aromatic rings. The van der Waals surface area contributed by atoms with E-state index in [4.69, 9.17) is 10.00 Å². The number of hydrogen-bond donors (Lipinski definition) is 1. The smallest absolute Gasteiger partial charge is 0.119 e. The summed E-state index contributed by atoms with van der Waals surface area (Å²) in [5.74, 6) is 0.873. The van der Waals surface area contributed by atoms with Crippen molar-refractivity contribution < 1.29 is 9.84 Å². The highest BCUT2D eigenvalue weighted by Gasteiger charge is 2.32. The Labute approximate surface area is 205 Å². The number of aryl methyl sites for hydroxylation is 1. The van der Waals surface area contributed by atoms with Gasteiger partial charge in [0.1, 0.15) is 5.75 Å². The molecule has 182 valence electrons. The van der Waals surface area contributed by atoms with E-state index >= 15 is 0 Å². The summed E-state index contributed by atoms with van der Waals surface area (Å²) in [5, 5.41) is 20.2. The normalized spacial score (nSPS) is 22.9. The molecule has 2 aliphatic heterocycles. The first-order valence-electron chi connectivity index (χ1n) is 12.8. The van der Waals surface area contributed by atoms with Gasteiger partial charge >= 0.3 is 0 Å². The summed E-state index contributed by atoms with van der Waals surface area (Å²) < 4.78 is 6.00. The number of hydrogen-bond acceptors (Lipinski definition) is 5. The van der Waals surface area contributed by atoms with E-state index in [2.05, 4.69) is 60.0 Å². The summed E-state index contributed by atoms with van der Waals surface area (Å²) in [6, 6.07) is 18.0. The second-order valence-corrected chi connectivity index (χ2v) is 10.4. The average Bonchev–Trinajstić information content (AvgIpc) is 2.83. The van der Waals surface area contributed by atoms with Gasteiger partial charge in [-0.1, -0.05) is 18.6 Å². The molecule has 34 heavy (non-hydrogen) atoms. The predicted octanol–water partition coefficient (Wildman–Crippen LogP) is 5.43. The van der Waals surface area contributed by atoms with Crippen LogP contribution in [0, 0.1) is 18.3 Å². The zero-order chi connectivity index (χ0) is 24.1. The number of nitriles is 1. The minimum Gasteiger partial charge on any atom is -0.493 e. The monoisotopic (exact) mass is 461 g/mol. The minimum absolute atomic E-state index is 0.520. The number of piperidine rings is 2. The highest BCUT2D eigenvalue weighted by atomic mass is 16.5. The molecule has 0 saturated carbocycles. The molecular weight excluding hydrogens is 422 g/mol. The van der Waals surface area contributed by atoms with Crippen LogP contribution in [0.1, 0.15) is 69.1 Å². The molecule has 0 bridgehead atoms. The van der Waals surface area contributed by atoms with Gasteiger partial charge in [-0.25, -0.2) is 0 Å². The number of nitrogens with zero attached hydrogens (tertiary/aromatic N) is 3. The zero-order valence-electron chi connectivity index (χ0n) is 21.0. The van der Waals surface area contributed by atoms with Crippen LogP contribution in [0.2, 0.25) is 0 Å². The molecule has 5 nitrogen and oxygen atoms in total. The van der Waals surface area contributed by atoms with Crippen LogP contribution < -0.4 is 9.64 Å². The van der Waals surface area contributed by atoms with Crippen molar-refractivity contribution in [1.29, 1.82) is 5.26 Å². The van der Waals surface area contributed by atoms with E-state index in [1.807, 2.05) is 19.1 Å². The van der Waals surface area contributed by atoms with Crippen molar-refractivity contribution in [1.82, 2.24) is 4.90 Å². The van der Waals surface area contributed by atoms with E-state index in [0.29, 0.717) is 25.1 Å². The molecule has 5 heteroatoms. The third-order valence-electron chi connectivity index (χ3n) is 7.89. The molecule has 2 fully saturated rings. The van der Waals surface area contributed by atoms with Crippen molar-refractivity contribution in [2.24, 2.45) is 0 Å². The van der Waals surface area contributed by atoms with Gasteiger partial charge in [0.2, 0.25) is 0 Å². The van der Waals surface area contributed by atoms with Gasteiger partial charge in [0.25, 0.3) is 0 Å². The zero-order valence-corrected chi connectivity index (χ0v) is 21.0. The molecule has 0 radical (unpaired) electrons. The molecule has 2 aromatic carbocycles. The van der Waals surface area contributed by atoms with E-state index < -0.39 is 5.60 Å². The fourth-order valence-electron chi connectivity index (χ4n) is 5.45. The van der Waals surface area contributed by atoms with Gasteiger partial charge < -0.3 is 14.7 Å². The van der Waals surface area contributed by atoms with Crippen LogP contribution in [-0.2, 0) is 6.54 Å². The molecule has 2 heterocycles. The molecule has 1 N–H and O–H groups in total. The van der Waals surface area contributed by atoms with Gasteiger partial charge in [-0.2, -0.15) is 5.26 Å². The average molecular weight is 462 g/mol. The molecule has 0 aliphatic carbocycles. The maximum absolute atomic E-state index is 11.1. The first-order valence-corrected chi connectivity index (χ1v) is 12.8. The number of anilines is 1. The lowest BCUT2D eigenvalue weighted by atomic mass is 9.88. The van der Waals surface area contributed by atoms with Crippen molar-refractivity contribution in [2.45, 2.75) is 83.5 Å². The summed E-state index contributed by atoms with van der Waals surface area (Å²) in [4.78, 5) is 4.91. The number of benzene rings is 2. The van der Waals surface area contributed by atoms with Crippen molar-refractivity contribution >= 4 is 5.69 Å². The second-order valence-electron chi connectivity index (χ2n) is 10.4. The number of likely N-dealkylation sites (tertiary alicyclic amines) is 1. The van der Waals surface area contributed by atoms with Gasteiger partial charge in [-0.3, -0.25) is 4.90 Å². The Bertz CT molecular complexity index is 979. The SMILES string of the molecule is Cc1cc(N2CCC(O)(CCOc3ccc(CN4[C@H](C)CCC[C@@H]4C)cc3)CC2)ccc1C#N. The van der Waals surface area contributed by atoms with Gasteiger partial charge in [-0.05, 0) is 87.9 Å². The Morgan fingerprint density at radius 3 is 2.35 bits per heavy atom. The van der Waals surface area contributed by atoms with Crippen LogP contribution >= 0.6 is 0 Å². The van der Waals surface area contributed by atoms with E-state index in [9.17, 15) is 5.11 Å². The summed E-state index contributed by atoms with van der Waals surface area (Å²) >= 11 is 0. The quantitative estimate of drug-likeness (QED) is 0.596. The molecule has 2 aliphatic rings. The molecule has 4 rings (SSSR count). The van der Waals surface area contributed by atoms with Crippen molar-refractivity contribution in [2.75, 3.05) is 24.6 Å². The van der Waals surface area contributed by atoms with E-state index in [-0.39, 0.29) is 0 Å². The van der Waals surface area contributed by atoms with E-state index in [0.717, 1.165) is 55.0 Å². The maximum Gasteiger partial charge on any atom is 0.119 e. The Balaban J connectivity index is 1.23. The van der Waals surface area contributed by atoms with Crippen LogP contribution in [-0.4, -0.2) is 47.4 Å². The maximum atomic E-state index is 11.1. The third-order valence-corrected chi connectivity index (χ3v) is 7.89. The summed E-state index contributed by atoms with van der Waals surface area (Å²) in [6.07, 6.45) is 6.00. The van der Waals surface area contributed by atoms with Crippen molar-refractivity contribution in [3.8, 4) is 11.8 Å². The van der Waals surface area contributed by atoms with E-state index in [1.54, 1.807) is 0 Å². The highest BCUT2D eigenvalue weighted by Crippen LogP contribution is 2.30. The molecule has 0 amide bonds. The Hall–Kier alpha value is -2.55. The van der Waals surface area contributed by atoms with Crippen LogP contribution in [0.15, 0.2) is 42.5 Å². The fraction of sp³-hybridized carbons (Fsp3) is 0.552. The number of aliphatic hydroxyl groups is 1. The van der Waals surface area contributed by atoms with Gasteiger partial charge in [0, 0.05) is 43.8 Å². The molecule has 0 spiro atoms. The topological polar surface area (TPSA) is 59.7 Å². The summed E-state index contributed by atoms with van der Waals surface area (Å²) in [7, 11) is 0.